The molecule has 0 saturated carbocycles. The highest BCUT2D eigenvalue weighted by Gasteiger charge is 2.06. The highest BCUT2D eigenvalue weighted by Crippen LogP contribution is 2.27. The molecule has 2 nitrogen and oxygen atoms in total. The molecule has 2 N–H and O–H groups in total. The smallest absolute Gasteiger partial charge is 0.123 e. The molecule has 18 heavy (non-hydrogen) atoms. The van der Waals surface area contributed by atoms with Crippen molar-refractivity contribution in [2.45, 2.75) is 13.5 Å². The topological polar surface area (TPSA) is 35.2 Å². The van der Waals surface area contributed by atoms with Gasteiger partial charge in [0, 0.05) is 6.54 Å². The van der Waals surface area contributed by atoms with Gasteiger partial charge in [-0.15, -0.1) is 0 Å². The van der Waals surface area contributed by atoms with Crippen LogP contribution in [-0.4, -0.2) is 6.61 Å². The zero-order valence-corrected chi connectivity index (χ0v) is 10.3. The highest BCUT2D eigenvalue weighted by atomic mass is 19.1. The van der Waals surface area contributed by atoms with Crippen LogP contribution in [-0.2, 0) is 6.54 Å². The van der Waals surface area contributed by atoms with Crippen LogP contribution >= 0.6 is 0 Å². The predicted octanol–water partition coefficient (Wildman–Crippen LogP) is 3.35. The number of ether oxygens (including phenoxy) is 1. The molecule has 2 aromatic carbocycles. The Kier molecular flexibility index (Phi) is 3.95. The minimum atomic E-state index is -0.260. The first kappa shape index (κ1) is 12.6. The van der Waals surface area contributed by atoms with E-state index in [1.54, 1.807) is 6.07 Å². The summed E-state index contributed by atoms with van der Waals surface area (Å²) in [5.74, 6) is 0.520. The van der Waals surface area contributed by atoms with Gasteiger partial charge in [-0.25, -0.2) is 4.39 Å². The third-order valence-corrected chi connectivity index (χ3v) is 2.75. The van der Waals surface area contributed by atoms with Gasteiger partial charge in [-0.3, -0.25) is 0 Å². The van der Waals surface area contributed by atoms with Crippen LogP contribution in [0.15, 0.2) is 42.5 Å². The lowest BCUT2D eigenvalue weighted by Crippen LogP contribution is -1.99. The summed E-state index contributed by atoms with van der Waals surface area (Å²) < 4.78 is 18.8. The van der Waals surface area contributed by atoms with Crippen LogP contribution in [0.4, 0.5) is 4.39 Å². The second-order valence-corrected chi connectivity index (χ2v) is 3.97. The zero-order chi connectivity index (χ0) is 13.0. The van der Waals surface area contributed by atoms with Gasteiger partial charge in [-0.2, -0.15) is 0 Å². The van der Waals surface area contributed by atoms with Crippen molar-refractivity contribution in [2.75, 3.05) is 6.61 Å². The lowest BCUT2D eigenvalue weighted by molar-refractivity contribution is 0.340. The van der Waals surface area contributed by atoms with Crippen LogP contribution < -0.4 is 10.5 Å². The van der Waals surface area contributed by atoms with Gasteiger partial charge >= 0.3 is 0 Å². The van der Waals surface area contributed by atoms with Gasteiger partial charge in [-0.1, -0.05) is 18.2 Å². The monoisotopic (exact) mass is 245 g/mol. The van der Waals surface area contributed by atoms with Crippen molar-refractivity contribution >= 4 is 0 Å². The second kappa shape index (κ2) is 5.65. The van der Waals surface area contributed by atoms with Crippen molar-refractivity contribution in [3.05, 3.63) is 53.8 Å². The van der Waals surface area contributed by atoms with Crippen LogP contribution in [0.1, 0.15) is 12.5 Å². The fraction of sp³-hybridized carbons (Fsp3) is 0.200. The fourth-order valence-corrected chi connectivity index (χ4v) is 1.92. The number of hydrogen-bond donors (Lipinski definition) is 1. The molecule has 0 bridgehead atoms. The molecule has 0 aliphatic carbocycles. The van der Waals surface area contributed by atoms with Crippen molar-refractivity contribution < 1.29 is 9.13 Å². The van der Waals surface area contributed by atoms with E-state index in [1.807, 2.05) is 31.2 Å². The Balaban J connectivity index is 2.47. The van der Waals surface area contributed by atoms with E-state index >= 15 is 0 Å². The molecule has 0 spiro atoms. The van der Waals surface area contributed by atoms with Gasteiger partial charge in [0.15, 0.2) is 0 Å². The van der Waals surface area contributed by atoms with Gasteiger partial charge in [0.1, 0.15) is 11.6 Å². The van der Waals surface area contributed by atoms with E-state index in [0.29, 0.717) is 13.2 Å². The number of benzene rings is 2. The molecule has 0 radical (unpaired) electrons. The van der Waals surface area contributed by atoms with E-state index in [4.69, 9.17) is 10.5 Å². The van der Waals surface area contributed by atoms with E-state index in [-0.39, 0.29) is 5.82 Å². The molecule has 2 rings (SSSR count). The molecule has 0 unspecified atom stereocenters. The summed E-state index contributed by atoms with van der Waals surface area (Å²) >= 11 is 0. The van der Waals surface area contributed by atoms with Gasteiger partial charge in [-0.05, 0) is 47.9 Å². The molecular formula is C15H16FNO. The SMILES string of the molecule is CCOc1cccc(-c2cc(F)ccc2CN)c1. The van der Waals surface area contributed by atoms with Crippen LogP contribution in [0.25, 0.3) is 11.1 Å². The van der Waals surface area contributed by atoms with Gasteiger partial charge in [0.05, 0.1) is 6.61 Å². The first-order valence-corrected chi connectivity index (χ1v) is 5.96. The summed E-state index contributed by atoms with van der Waals surface area (Å²) in [5, 5.41) is 0. The van der Waals surface area contributed by atoms with Crippen molar-refractivity contribution in [2.24, 2.45) is 5.73 Å². The van der Waals surface area contributed by atoms with E-state index in [9.17, 15) is 4.39 Å². The molecular weight excluding hydrogens is 229 g/mol. The highest BCUT2D eigenvalue weighted by molar-refractivity contribution is 5.68. The number of hydrogen-bond acceptors (Lipinski definition) is 2. The maximum atomic E-state index is 13.3. The average Bonchev–Trinajstić information content (AvgIpc) is 2.39. The Morgan fingerprint density at radius 2 is 2.00 bits per heavy atom. The van der Waals surface area contributed by atoms with E-state index in [0.717, 1.165) is 22.4 Å². The molecule has 0 fully saturated rings. The number of halogens is 1. The predicted molar refractivity (Wildman–Crippen MR) is 70.9 cm³/mol. The summed E-state index contributed by atoms with van der Waals surface area (Å²) in [6.45, 7) is 2.92. The Labute approximate surface area is 106 Å². The van der Waals surface area contributed by atoms with Crippen LogP contribution in [0.2, 0.25) is 0 Å². The molecule has 2 aromatic rings. The standard InChI is InChI=1S/C15H16FNO/c1-2-18-14-5-3-4-11(8-14)15-9-13(16)7-6-12(15)10-17/h3-9H,2,10,17H2,1H3. The molecule has 94 valence electrons. The van der Waals surface area contributed by atoms with E-state index in [1.165, 1.54) is 12.1 Å². The second-order valence-electron chi connectivity index (χ2n) is 3.97. The van der Waals surface area contributed by atoms with Crippen LogP contribution in [0.5, 0.6) is 5.75 Å². The average molecular weight is 245 g/mol. The summed E-state index contributed by atoms with van der Waals surface area (Å²) in [4.78, 5) is 0. The summed E-state index contributed by atoms with van der Waals surface area (Å²) in [5.41, 5.74) is 8.34. The van der Waals surface area contributed by atoms with E-state index < -0.39 is 0 Å². The van der Waals surface area contributed by atoms with Gasteiger partial charge < -0.3 is 10.5 Å². The fourth-order valence-electron chi connectivity index (χ4n) is 1.92. The normalized spacial score (nSPS) is 10.4. The summed E-state index contributed by atoms with van der Waals surface area (Å²) in [7, 11) is 0. The molecule has 0 aliphatic heterocycles. The van der Waals surface area contributed by atoms with Crippen molar-refractivity contribution in [1.82, 2.24) is 0 Å². The third-order valence-electron chi connectivity index (χ3n) is 2.75. The van der Waals surface area contributed by atoms with Crippen LogP contribution in [0, 0.1) is 5.82 Å². The Morgan fingerprint density at radius 1 is 1.17 bits per heavy atom. The van der Waals surface area contributed by atoms with Crippen molar-refractivity contribution in [3.8, 4) is 16.9 Å². The Bertz CT molecular complexity index is 540. The zero-order valence-electron chi connectivity index (χ0n) is 10.3. The van der Waals surface area contributed by atoms with E-state index in [2.05, 4.69) is 0 Å². The maximum absolute atomic E-state index is 13.3. The largest absolute Gasteiger partial charge is 0.494 e. The third kappa shape index (κ3) is 2.68. The lowest BCUT2D eigenvalue weighted by atomic mass is 9.99. The number of nitrogens with two attached hydrogens (primary N) is 1. The van der Waals surface area contributed by atoms with Gasteiger partial charge in [0.25, 0.3) is 0 Å². The summed E-state index contributed by atoms with van der Waals surface area (Å²) in [6.07, 6.45) is 0. The lowest BCUT2D eigenvalue weighted by Gasteiger charge is -2.10. The minimum absolute atomic E-state index is 0.260. The molecule has 0 aliphatic rings. The molecule has 0 heterocycles. The summed E-state index contributed by atoms with van der Waals surface area (Å²) in [6, 6.07) is 12.3. The number of rotatable bonds is 4. The Hall–Kier alpha value is -1.87. The quantitative estimate of drug-likeness (QED) is 0.896. The molecule has 0 amide bonds. The first-order valence-electron chi connectivity index (χ1n) is 5.96. The molecule has 0 saturated heterocycles. The van der Waals surface area contributed by atoms with Crippen LogP contribution in [0.3, 0.4) is 0 Å². The van der Waals surface area contributed by atoms with Crippen molar-refractivity contribution in [3.63, 3.8) is 0 Å². The molecule has 0 atom stereocenters. The first-order chi connectivity index (χ1) is 8.74. The van der Waals surface area contributed by atoms with Crippen molar-refractivity contribution in [1.29, 1.82) is 0 Å². The van der Waals surface area contributed by atoms with Gasteiger partial charge in [0.2, 0.25) is 0 Å². The minimum Gasteiger partial charge on any atom is -0.494 e. The maximum Gasteiger partial charge on any atom is 0.123 e. The Morgan fingerprint density at radius 3 is 2.72 bits per heavy atom. The molecule has 3 heteroatoms. The molecule has 0 aromatic heterocycles.